The van der Waals surface area contributed by atoms with Crippen molar-refractivity contribution in [3.8, 4) is 0 Å². The van der Waals surface area contributed by atoms with Crippen LogP contribution < -0.4 is 5.32 Å². The summed E-state index contributed by atoms with van der Waals surface area (Å²) >= 11 is 0. The molecule has 150 valence electrons. The van der Waals surface area contributed by atoms with Crippen molar-refractivity contribution < 1.29 is 17.9 Å². The molecule has 1 aromatic rings. The number of nitrogens with one attached hydrogen (secondary N) is 1. The summed E-state index contributed by atoms with van der Waals surface area (Å²) in [7, 11) is -3.52. The zero-order valence-corrected chi connectivity index (χ0v) is 16.9. The first-order valence-corrected chi connectivity index (χ1v) is 11.4. The highest BCUT2D eigenvalue weighted by molar-refractivity contribution is 7.89. The maximum atomic E-state index is 12.9. The summed E-state index contributed by atoms with van der Waals surface area (Å²) < 4.78 is 33.0. The predicted molar refractivity (Wildman–Crippen MR) is 105 cm³/mol. The highest BCUT2D eigenvalue weighted by atomic mass is 32.2. The van der Waals surface area contributed by atoms with E-state index in [0.29, 0.717) is 18.8 Å². The number of carbonyl (C=O) groups is 1. The molecule has 0 unspecified atom stereocenters. The fraction of sp³-hybridized carbons (Fsp3) is 0.650. The number of piperidine rings is 1. The number of benzene rings is 1. The summed E-state index contributed by atoms with van der Waals surface area (Å²) in [6, 6.07) is 4.93. The first-order chi connectivity index (χ1) is 13.0. The maximum absolute atomic E-state index is 12.9. The zero-order chi connectivity index (χ0) is 19.3. The topological polar surface area (TPSA) is 75.7 Å². The highest BCUT2D eigenvalue weighted by Crippen LogP contribution is 2.25. The van der Waals surface area contributed by atoms with Crippen molar-refractivity contribution >= 4 is 21.6 Å². The number of hydrogen-bond donors (Lipinski definition) is 1. The van der Waals surface area contributed by atoms with Crippen LogP contribution in [0.3, 0.4) is 0 Å². The van der Waals surface area contributed by atoms with Crippen molar-refractivity contribution in [3.63, 3.8) is 0 Å². The molecule has 7 heteroatoms. The van der Waals surface area contributed by atoms with Gasteiger partial charge in [-0.3, -0.25) is 4.79 Å². The Bertz CT molecular complexity index is 751. The average Bonchev–Trinajstić information content (AvgIpc) is 2.69. The minimum Gasteiger partial charge on any atom is -0.368 e. The van der Waals surface area contributed by atoms with Crippen LogP contribution in [0.2, 0.25) is 0 Å². The van der Waals surface area contributed by atoms with E-state index in [0.717, 1.165) is 50.5 Å². The third-order valence-corrected chi connectivity index (χ3v) is 7.33. The van der Waals surface area contributed by atoms with Gasteiger partial charge in [0.2, 0.25) is 15.9 Å². The van der Waals surface area contributed by atoms with Crippen LogP contribution >= 0.6 is 0 Å². The first kappa shape index (κ1) is 20.3. The van der Waals surface area contributed by atoms with Crippen molar-refractivity contribution in [1.82, 2.24) is 4.31 Å². The van der Waals surface area contributed by atoms with E-state index in [-0.39, 0.29) is 23.5 Å². The average molecular weight is 395 g/mol. The largest absolute Gasteiger partial charge is 0.368 e. The van der Waals surface area contributed by atoms with Gasteiger partial charge in [0.05, 0.1) is 11.0 Å². The van der Waals surface area contributed by atoms with Gasteiger partial charge in [-0.2, -0.15) is 4.31 Å². The SMILES string of the molecule is Cc1ccc(S(=O)(=O)N2CCCCC2)cc1NC(=O)COC1CCCCC1. The second-order valence-electron chi connectivity index (χ2n) is 7.56. The van der Waals surface area contributed by atoms with Gasteiger partial charge in [-0.05, 0) is 50.3 Å². The van der Waals surface area contributed by atoms with E-state index in [1.807, 2.05) is 6.92 Å². The Morgan fingerprint density at radius 1 is 1.11 bits per heavy atom. The molecular weight excluding hydrogens is 364 g/mol. The number of carbonyl (C=O) groups excluding carboxylic acids is 1. The molecule has 2 aliphatic rings. The molecule has 1 amide bonds. The lowest BCUT2D eigenvalue weighted by Crippen LogP contribution is -2.35. The minimum absolute atomic E-state index is 0.00715. The van der Waals surface area contributed by atoms with Crippen molar-refractivity contribution in [2.24, 2.45) is 0 Å². The summed E-state index contributed by atoms with van der Waals surface area (Å²) in [6.07, 6.45) is 8.60. The molecule has 3 rings (SSSR count). The molecule has 0 bridgehead atoms. The number of anilines is 1. The number of aryl methyl sites for hydroxylation is 1. The summed E-state index contributed by atoms with van der Waals surface area (Å²) in [5, 5.41) is 2.82. The van der Waals surface area contributed by atoms with Crippen LogP contribution in [0.4, 0.5) is 5.69 Å². The van der Waals surface area contributed by atoms with Crippen molar-refractivity contribution in [2.45, 2.75) is 69.3 Å². The Balaban J connectivity index is 1.64. The molecule has 1 aliphatic carbocycles. The van der Waals surface area contributed by atoms with Gasteiger partial charge in [-0.1, -0.05) is 31.7 Å². The quantitative estimate of drug-likeness (QED) is 0.802. The first-order valence-electron chi connectivity index (χ1n) is 9.99. The lowest BCUT2D eigenvalue weighted by molar-refractivity contribution is -0.123. The number of sulfonamides is 1. The molecule has 6 nitrogen and oxygen atoms in total. The smallest absolute Gasteiger partial charge is 0.250 e. The van der Waals surface area contributed by atoms with Crippen LogP contribution in [0, 0.1) is 6.92 Å². The van der Waals surface area contributed by atoms with Crippen LogP contribution in [0.15, 0.2) is 23.1 Å². The molecule has 0 aromatic heterocycles. The van der Waals surface area contributed by atoms with E-state index in [2.05, 4.69) is 5.32 Å². The molecule has 1 heterocycles. The fourth-order valence-corrected chi connectivity index (χ4v) is 5.31. The monoisotopic (exact) mass is 394 g/mol. The van der Waals surface area contributed by atoms with Gasteiger partial charge in [0.1, 0.15) is 6.61 Å². The van der Waals surface area contributed by atoms with Gasteiger partial charge in [0.25, 0.3) is 0 Å². The lowest BCUT2D eigenvalue weighted by atomic mass is 9.98. The Labute approximate surface area is 162 Å². The highest BCUT2D eigenvalue weighted by Gasteiger charge is 2.26. The van der Waals surface area contributed by atoms with Crippen molar-refractivity contribution in [1.29, 1.82) is 0 Å². The zero-order valence-electron chi connectivity index (χ0n) is 16.1. The van der Waals surface area contributed by atoms with Gasteiger partial charge in [-0.15, -0.1) is 0 Å². The molecule has 1 saturated carbocycles. The number of rotatable bonds is 6. The fourth-order valence-electron chi connectivity index (χ4n) is 3.76. The van der Waals surface area contributed by atoms with E-state index < -0.39 is 10.0 Å². The molecule has 1 aliphatic heterocycles. The van der Waals surface area contributed by atoms with Crippen molar-refractivity contribution in [3.05, 3.63) is 23.8 Å². The van der Waals surface area contributed by atoms with Gasteiger partial charge >= 0.3 is 0 Å². The van der Waals surface area contributed by atoms with Crippen LogP contribution in [0.5, 0.6) is 0 Å². The molecule has 1 N–H and O–H groups in total. The van der Waals surface area contributed by atoms with E-state index in [9.17, 15) is 13.2 Å². The van der Waals surface area contributed by atoms with Crippen LogP contribution in [-0.2, 0) is 19.6 Å². The Morgan fingerprint density at radius 2 is 1.78 bits per heavy atom. The second-order valence-corrected chi connectivity index (χ2v) is 9.50. The van der Waals surface area contributed by atoms with Crippen molar-refractivity contribution in [2.75, 3.05) is 25.0 Å². The third kappa shape index (κ3) is 5.30. The minimum atomic E-state index is -3.52. The molecule has 1 aromatic carbocycles. The van der Waals surface area contributed by atoms with Gasteiger partial charge in [0.15, 0.2) is 0 Å². The molecule has 0 spiro atoms. The van der Waals surface area contributed by atoms with Gasteiger partial charge < -0.3 is 10.1 Å². The molecule has 0 radical (unpaired) electrons. The summed E-state index contributed by atoms with van der Waals surface area (Å²) in [4.78, 5) is 12.5. The Morgan fingerprint density at radius 3 is 2.48 bits per heavy atom. The number of hydrogen-bond acceptors (Lipinski definition) is 4. The molecule has 2 fully saturated rings. The van der Waals surface area contributed by atoms with Gasteiger partial charge in [0, 0.05) is 18.8 Å². The van der Waals surface area contributed by atoms with E-state index in [1.165, 1.54) is 6.42 Å². The third-order valence-electron chi connectivity index (χ3n) is 5.44. The van der Waals surface area contributed by atoms with E-state index in [1.54, 1.807) is 22.5 Å². The summed E-state index contributed by atoms with van der Waals surface area (Å²) in [6.45, 7) is 2.99. The summed E-state index contributed by atoms with van der Waals surface area (Å²) in [5.74, 6) is -0.240. The summed E-state index contributed by atoms with van der Waals surface area (Å²) in [5.41, 5.74) is 1.36. The Kier molecular flexibility index (Phi) is 6.89. The predicted octanol–water partition coefficient (Wildman–Crippen LogP) is 3.46. The van der Waals surface area contributed by atoms with Gasteiger partial charge in [-0.25, -0.2) is 8.42 Å². The lowest BCUT2D eigenvalue weighted by Gasteiger charge is -2.26. The molecule has 27 heavy (non-hydrogen) atoms. The standard InChI is InChI=1S/C20H30N2O4S/c1-16-10-11-18(27(24,25)22-12-6-3-7-13-22)14-19(16)21-20(23)15-26-17-8-4-2-5-9-17/h10-11,14,17H,2-9,12-13,15H2,1H3,(H,21,23). The number of nitrogens with zero attached hydrogens (tertiary/aromatic N) is 1. The second kappa shape index (κ2) is 9.17. The maximum Gasteiger partial charge on any atom is 0.250 e. The van der Waals surface area contributed by atoms with Crippen LogP contribution in [0.1, 0.15) is 56.9 Å². The molecule has 1 saturated heterocycles. The van der Waals surface area contributed by atoms with Crippen LogP contribution in [0.25, 0.3) is 0 Å². The van der Waals surface area contributed by atoms with E-state index in [4.69, 9.17) is 4.74 Å². The number of ether oxygens (including phenoxy) is 1. The normalized spacial score (nSPS) is 19.7. The Hall–Kier alpha value is -1.44. The van der Waals surface area contributed by atoms with Crippen LogP contribution in [-0.4, -0.2) is 44.4 Å². The molecule has 0 atom stereocenters. The van der Waals surface area contributed by atoms with E-state index >= 15 is 0 Å². The number of amides is 1. The molecular formula is C20H30N2O4S.